The summed E-state index contributed by atoms with van der Waals surface area (Å²) in [4.78, 5) is 41.5. The first-order valence-electron chi connectivity index (χ1n) is 10.9. The highest BCUT2D eigenvalue weighted by Gasteiger charge is 2.37. The number of nitrogens with one attached hydrogen (secondary N) is 1. The number of aryl methyl sites for hydroxylation is 2. The van der Waals surface area contributed by atoms with Crippen LogP contribution in [-0.2, 0) is 9.59 Å². The number of hydrogen-bond acceptors (Lipinski definition) is 4. The summed E-state index contributed by atoms with van der Waals surface area (Å²) in [7, 11) is 2.09. The Balaban J connectivity index is 1.73. The Morgan fingerprint density at radius 2 is 1.75 bits per heavy atom. The summed E-state index contributed by atoms with van der Waals surface area (Å²) in [6.07, 6.45) is 2.58. The molecule has 6 nitrogen and oxygen atoms in total. The molecule has 6 heteroatoms. The highest BCUT2D eigenvalue weighted by Crippen LogP contribution is 2.42. The first kappa shape index (κ1) is 21.8. The molecule has 2 aliphatic heterocycles. The number of fused-ring (bicyclic) bond motifs is 1. The molecule has 2 aliphatic rings. The molecule has 1 atom stereocenters. The number of carbonyl (C=O) groups is 3. The van der Waals surface area contributed by atoms with Gasteiger partial charge in [0.05, 0.1) is 5.69 Å². The van der Waals surface area contributed by atoms with Gasteiger partial charge < -0.3 is 4.90 Å². The summed E-state index contributed by atoms with van der Waals surface area (Å²) in [5, 5.41) is 2.30. The standard InChI is InChI=1S/C26H29N3O3/c1-15-7-9-19(11-16(15)2)29-24(31)21(23(30)27-25(29)32)13-18-8-10-22-20(12-18)17(3)14-26(4,5)28(22)6/h7-13,17H,14H2,1-6H3,(H,27,30,32)/b21-13+/t17-/m1/s1. The number of imide groups is 2. The van der Waals surface area contributed by atoms with Gasteiger partial charge in [0, 0.05) is 18.3 Å². The molecular weight excluding hydrogens is 402 g/mol. The summed E-state index contributed by atoms with van der Waals surface area (Å²) in [5.74, 6) is -0.950. The number of urea groups is 1. The first-order valence-corrected chi connectivity index (χ1v) is 10.9. The molecule has 2 aromatic rings. The fraction of sp³-hybridized carbons (Fsp3) is 0.346. The lowest BCUT2D eigenvalue weighted by atomic mass is 9.80. The van der Waals surface area contributed by atoms with Crippen molar-refractivity contribution in [1.29, 1.82) is 0 Å². The largest absolute Gasteiger partial charge is 0.369 e. The Kier molecular flexibility index (Phi) is 5.19. The van der Waals surface area contributed by atoms with E-state index in [-0.39, 0.29) is 11.1 Å². The second-order valence-electron chi connectivity index (χ2n) is 9.52. The van der Waals surface area contributed by atoms with Crippen molar-refractivity contribution in [2.24, 2.45) is 0 Å². The third-order valence-corrected chi connectivity index (χ3v) is 6.82. The summed E-state index contributed by atoms with van der Waals surface area (Å²) in [5.41, 5.74) is 5.56. The number of amides is 4. The van der Waals surface area contributed by atoms with Gasteiger partial charge in [-0.3, -0.25) is 14.9 Å². The molecule has 1 N–H and O–H groups in total. The van der Waals surface area contributed by atoms with Gasteiger partial charge in [-0.1, -0.05) is 19.1 Å². The van der Waals surface area contributed by atoms with Gasteiger partial charge in [0.25, 0.3) is 11.8 Å². The van der Waals surface area contributed by atoms with Crippen molar-refractivity contribution < 1.29 is 14.4 Å². The molecule has 0 saturated carbocycles. The zero-order valence-electron chi connectivity index (χ0n) is 19.4. The van der Waals surface area contributed by atoms with Crippen LogP contribution in [0.15, 0.2) is 42.0 Å². The quantitative estimate of drug-likeness (QED) is 0.553. The number of rotatable bonds is 2. The van der Waals surface area contributed by atoms with Gasteiger partial charge in [0.15, 0.2) is 0 Å². The lowest BCUT2D eigenvalue weighted by Crippen LogP contribution is -2.54. The average Bonchev–Trinajstić information content (AvgIpc) is 2.71. The lowest BCUT2D eigenvalue weighted by Gasteiger charge is -2.45. The Hall–Kier alpha value is -3.41. The molecule has 2 aromatic carbocycles. The van der Waals surface area contributed by atoms with Crippen molar-refractivity contribution in [3.05, 3.63) is 64.2 Å². The molecule has 0 aromatic heterocycles. The Labute approximate surface area is 188 Å². The van der Waals surface area contributed by atoms with Gasteiger partial charge >= 0.3 is 6.03 Å². The van der Waals surface area contributed by atoms with Gasteiger partial charge in [-0.2, -0.15) is 0 Å². The highest BCUT2D eigenvalue weighted by atomic mass is 16.2. The van der Waals surface area contributed by atoms with Crippen molar-refractivity contribution in [3.63, 3.8) is 0 Å². The topological polar surface area (TPSA) is 69.7 Å². The van der Waals surface area contributed by atoms with Gasteiger partial charge in [-0.05, 0) is 92.6 Å². The molecule has 32 heavy (non-hydrogen) atoms. The van der Waals surface area contributed by atoms with E-state index < -0.39 is 17.8 Å². The van der Waals surface area contributed by atoms with Crippen molar-refractivity contribution in [3.8, 4) is 0 Å². The van der Waals surface area contributed by atoms with E-state index >= 15 is 0 Å². The van der Waals surface area contributed by atoms with Crippen molar-refractivity contribution in [2.45, 2.75) is 52.5 Å². The van der Waals surface area contributed by atoms with E-state index in [2.05, 4.69) is 38.0 Å². The van der Waals surface area contributed by atoms with Crippen LogP contribution in [0.4, 0.5) is 16.2 Å². The van der Waals surface area contributed by atoms with Crippen LogP contribution in [-0.4, -0.2) is 30.4 Å². The van der Waals surface area contributed by atoms with Gasteiger partial charge in [-0.25, -0.2) is 9.69 Å². The maximum Gasteiger partial charge on any atom is 0.335 e. The number of carbonyl (C=O) groups excluding carboxylic acids is 3. The number of nitrogens with zero attached hydrogens (tertiary/aromatic N) is 2. The minimum Gasteiger partial charge on any atom is -0.369 e. The summed E-state index contributed by atoms with van der Waals surface area (Å²) in [6, 6.07) is 10.6. The fourth-order valence-electron chi connectivity index (χ4n) is 4.61. The molecule has 4 amide bonds. The van der Waals surface area contributed by atoms with Crippen LogP contribution in [0.5, 0.6) is 0 Å². The third kappa shape index (κ3) is 3.60. The Bertz CT molecular complexity index is 1180. The van der Waals surface area contributed by atoms with Crippen LogP contribution in [0.2, 0.25) is 0 Å². The predicted octanol–water partition coefficient (Wildman–Crippen LogP) is 4.69. The van der Waals surface area contributed by atoms with E-state index in [1.807, 2.05) is 38.1 Å². The van der Waals surface area contributed by atoms with Crippen LogP contribution in [0.25, 0.3) is 6.08 Å². The molecular formula is C26H29N3O3. The fourth-order valence-corrected chi connectivity index (χ4v) is 4.61. The van der Waals surface area contributed by atoms with E-state index in [9.17, 15) is 14.4 Å². The molecule has 0 bridgehead atoms. The lowest BCUT2D eigenvalue weighted by molar-refractivity contribution is -0.122. The highest BCUT2D eigenvalue weighted by molar-refractivity contribution is 6.39. The van der Waals surface area contributed by atoms with E-state index in [4.69, 9.17) is 0 Å². The van der Waals surface area contributed by atoms with Crippen molar-refractivity contribution >= 4 is 35.3 Å². The van der Waals surface area contributed by atoms with Gasteiger partial charge in [0.2, 0.25) is 0 Å². The SMILES string of the molecule is Cc1ccc(N2C(=O)NC(=O)/C(=C\c3ccc4c(c3)[C@H](C)CC(C)(C)N4C)C2=O)cc1C. The average molecular weight is 432 g/mol. The van der Waals surface area contributed by atoms with E-state index in [1.165, 1.54) is 5.56 Å². The maximum absolute atomic E-state index is 13.2. The number of anilines is 2. The van der Waals surface area contributed by atoms with Crippen molar-refractivity contribution in [2.75, 3.05) is 16.8 Å². The second-order valence-corrected chi connectivity index (χ2v) is 9.52. The number of hydrogen-bond donors (Lipinski definition) is 1. The molecule has 4 rings (SSSR count). The Morgan fingerprint density at radius 1 is 1.03 bits per heavy atom. The van der Waals surface area contributed by atoms with Crippen molar-refractivity contribution in [1.82, 2.24) is 5.32 Å². The molecule has 0 unspecified atom stereocenters. The predicted molar refractivity (Wildman–Crippen MR) is 127 cm³/mol. The first-order chi connectivity index (χ1) is 15.0. The molecule has 2 heterocycles. The van der Waals surface area contributed by atoms with Gasteiger partial charge in [0.1, 0.15) is 5.57 Å². The number of benzene rings is 2. The number of barbiturate groups is 1. The smallest absolute Gasteiger partial charge is 0.335 e. The zero-order chi connectivity index (χ0) is 23.4. The molecule has 0 aliphatic carbocycles. The monoisotopic (exact) mass is 431 g/mol. The summed E-state index contributed by atoms with van der Waals surface area (Å²) >= 11 is 0. The molecule has 166 valence electrons. The van der Waals surface area contributed by atoms with E-state index in [0.717, 1.165) is 33.7 Å². The van der Waals surface area contributed by atoms with Gasteiger partial charge in [-0.15, -0.1) is 0 Å². The minimum absolute atomic E-state index is 0.0542. The normalized spacial score (nSPS) is 21.6. The zero-order valence-corrected chi connectivity index (χ0v) is 19.4. The van der Waals surface area contributed by atoms with E-state index in [1.54, 1.807) is 18.2 Å². The Morgan fingerprint density at radius 3 is 2.44 bits per heavy atom. The molecule has 1 saturated heterocycles. The molecule has 1 fully saturated rings. The summed E-state index contributed by atoms with van der Waals surface area (Å²) < 4.78 is 0. The van der Waals surface area contributed by atoms with Crippen LogP contribution < -0.4 is 15.1 Å². The summed E-state index contributed by atoms with van der Waals surface area (Å²) in [6.45, 7) is 10.5. The van der Waals surface area contributed by atoms with Crippen LogP contribution in [0.3, 0.4) is 0 Å². The van der Waals surface area contributed by atoms with Crippen LogP contribution in [0, 0.1) is 13.8 Å². The maximum atomic E-state index is 13.2. The molecule has 0 spiro atoms. The van der Waals surface area contributed by atoms with Crippen LogP contribution in [0.1, 0.15) is 55.4 Å². The third-order valence-electron chi connectivity index (χ3n) is 6.82. The second kappa shape index (κ2) is 7.62. The van der Waals surface area contributed by atoms with E-state index in [0.29, 0.717) is 11.6 Å². The minimum atomic E-state index is -0.733. The van der Waals surface area contributed by atoms with Crippen LogP contribution >= 0.6 is 0 Å². The molecule has 0 radical (unpaired) electrons.